The van der Waals surface area contributed by atoms with Gasteiger partial charge in [0.25, 0.3) is 0 Å². The van der Waals surface area contributed by atoms with Crippen LogP contribution in [0.5, 0.6) is 5.75 Å². The first-order valence-corrected chi connectivity index (χ1v) is 5.42. The lowest BCUT2D eigenvalue weighted by atomic mass is 9.90. The van der Waals surface area contributed by atoms with Gasteiger partial charge in [0.15, 0.2) is 0 Å². The highest BCUT2D eigenvalue weighted by molar-refractivity contribution is 5.81. The van der Waals surface area contributed by atoms with Gasteiger partial charge in [0.2, 0.25) is 0 Å². The highest BCUT2D eigenvalue weighted by Crippen LogP contribution is 2.29. The van der Waals surface area contributed by atoms with Crippen molar-refractivity contribution in [2.45, 2.75) is 20.8 Å². The lowest BCUT2D eigenvalue weighted by Crippen LogP contribution is -2.29. The molecule has 0 aliphatic carbocycles. The van der Waals surface area contributed by atoms with Gasteiger partial charge in [0.05, 0.1) is 5.41 Å². The van der Waals surface area contributed by atoms with Crippen molar-refractivity contribution in [1.29, 1.82) is 5.26 Å². The number of hydrogen-bond acceptors (Lipinski definition) is 5. The van der Waals surface area contributed by atoms with Gasteiger partial charge in [-0.05, 0) is 38.1 Å². The summed E-state index contributed by atoms with van der Waals surface area (Å²) in [7, 11) is 0. The van der Waals surface area contributed by atoms with E-state index in [0.29, 0.717) is 0 Å². The Kier molecular flexibility index (Phi) is 4.16. The molecule has 94 valence electrons. The standard InChI is InChI=1S/C13H14N2O3/c1-9(16)13(2,3)8-18-12-6-4-5-11(15-17)10(12)7-14/h4-6H,8H2,1-3H3. The summed E-state index contributed by atoms with van der Waals surface area (Å²) in [4.78, 5) is 21.9. The number of Topliss-reactive ketones (excluding diaryl/α,β-unsaturated/α-hetero) is 1. The van der Waals surface area contributed by atoms with E-state index in [2.05, 4.69) is 5.18 Å². The number of ketones is 1. The van der Waals surface area contributed by atoms with Crippen molar-refractivity contribution in [3.8, 4) is 11.8 Å². The van der Waals surface area contributed by atoms with Gasteiger partial charge in [0, 0.05) is 0 Å². The first kappa shape index (κ1) is 13.8. The van der Waals surface area contributed by atoms with Crippen LogP contribution >= 0.6 is 0 Å². The number of hydrogen-bond donors (Lipinski definition) is 0. The van der Waals surface area contributed by atoms with Crippen LogP contribution in [-0.4, -0.2) is 12.4 Å². The number of carbonyl (C=O) groups is 1. The van der Waals surface area contributed by atoms with Crippen molar-refractivity contribution in [2.75, 3.05) is 6.61 Å². The smallest absolute Gasteiger partial charge is 0.139 e. The fourth-order valence-electron chi connectivity index (χ4n) is 1.19. The maximum absolute atomic E-state index is 11.4. The third-order valence-electron chi connectivity index (χ3n) is 2.76. The van der Waals surface area contributed by atoms with Crippen LogP contribution in [0.3, 0.4) is 0 Å². The largest absolute Gasteiger partial charge is 0.491 e. The van der Waals surface area contributed by atoms with Gasteiger partial charge in [-0.15, -0.1) is 4.91 Å². The molecule has 1 aromatic carbocycles. The molecule has 0 amide bonds. The normalized spacial score (nSPS) is 10.6. The van der Waals surface area contributed by atoms with Gasteiger partial charge in [-0.2, -0.15) is 5.26 Å². The minimum absolute atomic E-state index is 0.00863. The SMILES string of the molecule is CC(=O)C(C)(C)COc1cccc(N=O)c1C#N. The summed E-state index contributed by atoms with van der Waals surface area (Å²) in [5, 5.41) is 11.7. The molecule has 0 aliphatic rings. The molecule has 0 fully saturated rings. The molecule has 0 bridgehead atoms. The van der Waals surface area contributed by atoms with Gasteiger partial charge in [-0.25, -0.2) is 0 Å². The number of ether oxygens (including phenoxy) is 1. The minimum atomic E-state index is -0.642. The maximum Gasteiger partial charge on any atom is 0.139 e. The van der Waals surface area contributed by atoms with Crippen molar-refractivity contribution in [1.82, 2.24) is 0 Å². The quantitative estimate of drug-likeness (QED) is 0.748. The third-order valence-corrected chi connectivity index (χ3v) is 2.76. The minimum Gasteiger partial charge on any atom is -0.491 e. The average Bonchev–Trinajstić information content (AvgIpc) is 2.35. The summed E-state index contributed by atoms with van der Waals surface area (Å²) in [6.45, 7) is 5.13. The van der Waals surface area contributed by atoms with Crippen LogP contribution in [0.15, 0.2) is 23.4 Å². The van der Waals surface area contributed by atoms with Gasteiger partial charge < -0.3 is 4.74 Å². The van der Waals surface area contributed by atoms with Gasteiger partial charge in [0.1, 0.15) is 35.5 Å². The first-order chi connectivity index (χ1) is 8.42. The highest BCUT2D eigenvalue weighted by atomic mass is 16.5. The molecule has 0 saturated heterocycles. The zero-order valence-corrected chi connectivity index (χ0v) is 10.6. The molecule has 0 N–H and O–H groups in total. The summed E-state index contributed by atoms with van der Waals surface area (Å²) in [6.07, 6.45) is 0. The van der Waals surface area contributed by atoms with E-state index in [1.165, 1.54) is 13.0 Å². The summed E-state index contributed by atoms with van der Waals surface area (Å²) < 4.78 is 5.45. The molecule has 5 heteroatoms. The zero-order chi connectivity index (χ0) is 13.8. The summed E-state index contributed by atoms with van der Waals surface area (Å²) in [6, 6.07) is 6.47. The molecule has 0 spiro atoms. The number of benzene rings is 1. The maximum atomic E-state index is 11.4. The molecular weight excluding hydrogens is 232 g/mol. The summed E-state index contributed by atoms with van der Waals surface area (Å²) in [5.74, 6) is 0.259. The Morgan fingerprint density at radius 1 is 1.50 bits per heavy atom. The highest BCUT2D eigenvalue weighted by Gasteiger charge is 2.25. The van der Waals surface area contributed by atoms with Crippen LogP contribution < -0.4 is 4.74 Å². The second-order valence-corrected chi connectivity index (χ2v) is 4.58. The van der Waals surface area contributed by atoms with Gasteiger partial charge in [-0.3, -0.25) is 4.79 Å². The average molecular weight is 246 g/mol. The fraction of sp³-hybridized carbons (Fsp3) is 0.385. The molecule has 0 aliphatic heterocycles. The van der Waals surface area contributed by atoms with Crippen molar-refractivity contribution in [3.63, 3.8) is 0 Å². The molecule has 0 atom stereocenters. The Hall–Kier alpha value is -2.22. The number of nitroso groups, excluding NO2 is 1. The second-order valence-electron chi connectivity index (χ2n) is 4.58. The number of rotatable bonds is 5. The van der Waals surface area contributed by atoms with Gasteiger partial charge in [-0.1, -0.05) is 6.07 Å². The zero-order valence-electron chi connectivity index (χ0n) is 10.6. The Labute approximate surface area is 105 Å². The predicted molar refractivity (Wildman–Crippen MR) is 66.6 cm³/mol. The lowest BCUT2D eigenvalue weighted by molar-refractivity contribution is -0.126. The van der Waals surface area contributed by atoms with Crippen LogP contribution in [0.25, 0.3) is 0 Å². The van der Waals surface area contributed by atoms with Crippen molar-refractivity contribution >= 4 is 11.5 Å². The van der Waals surface area contributed by atoms with E-state index in [1.807, 2.05) is 6.07 Å². The molecular formula is C13H14N2O3. The van der Waals surface area contributed by atoms with Crippen LogP contribution in [0, 0.1) is 21.7 Å². The Balaban J connectivity index is 2.96. The second kappa shape index (κ2) is 5.41. The Morgan fingerprint density at radius 2 is 2.17 bits per heavy atom. The van der Waals surface area contributed by atoms with Crippen molar-refractivity contribution in [2.24, 2.45) is 10.6 Å². The molecule has 0 unspecified atom stereocenters. The molecule has 0 radical (unpaired) electrons. The van der Waals surface area contributed by atoms with E-state index in [0.717, 1.165) is 0 Å². The molecule has 0 aromatic heterocycles. The molecule has 18 heavy (non-hydrogen) atoms. The van der Waals surface area contributed by atoms with Crippen molar-refractivity contribution in [3.05, 3.63) is 28.7 Å². The topological polar surface area (TPSA) is 79.5 Å². The lowest BCUT2D eigenvalue weighted by Gasteiger charge is -2.21. The number of carbonyl (C=O) groups excluding carboxylic acids is 1. The molecule has 1 aromatic rings. The Bertz CT molecular complexity index is 515. The van der Waals surface area contributed by atoms with E-state index >= 15 is 0 Å². The van der Waals surface area contributed by atoms with E-state index in [1.54, 1.807) is 26.0 Å². The van der Waals surface area contributed by atoms with Crippen LogP contribution in [0.4, 0.5) is 5.69 Å². The summed E-state index contributed by atoms with van der Waals surface area (Å²) >= 11 is 0. The van der Waals surface area contributed by atoms with Gasteiger partial charge >= 0.3 is 0 Å². The molecule has 0 saturated carbocycles. The molecule has 1 rings (SSSR count). The van der Waals surface area contributed by atoms with E-state index < -0.39 is 5.41 Å². The fourth-order valence-corrected chi connectivity index (χ4v) is 1.19. The monoisotopic (exact) mass is 246 g/mol. The third kappa shape index (κ3) is 2.92. The first-order valence-electron chi connectivity index (χ1n) is 5.42. The van der Waals surface area contributed by atoms with Crippen LogP contribution in [-0.2, 0) is 4.79 Å². The molecule has 5 nitrogen and oxygen atoms in total. The van der Waals surface area contributed by atoms with E-state index in [-0.39, 0.29) is 29.4 Å². The summed E-state index contributed by atoms with van der Waals surface area (Å²) in [5.41, 5.74) is -0.514. The van der Waals surface area contributed by atoms with Crippen LogP contribution in [0.2, 0.25) is 0 Å². The van der Waals surface area contributed by atoms with E-state index in [4.69, 9.17) is 10.00 Å². The molecule has 0 heterocycles. The predicted octanol–water partition coefficient (Wildman–Crippen LogP) is 2.95. The Morgan fingerprint density at radius 3 is 2.67 bits per heavy atom. The number of nitriles is 1. The van der Waals surface area contributed by atoms with Crippen LogP contribution in [0.1, 0.15) is 26.3 Å². The van der Waals surface area contributed by atoms with Crippen molar-refractivity contribution < 1.29 is 9.53 Å². The van der Waals surface area contributed by atoms with E-state index in [9.17, 15) is 9.70 Å². The number of nitrogens with zero attached hydrogens (tertiary/aromatic N) is 2.